The third-order valence-electron chi connectivity index (χ3n) is 2.72. The molecule has 2 rings (SSSR count). The van der Waals surface area contributed by atoms with Crippen LogP contribution in [0.25, 0.3) is 0 Å². The Hall–Kier alpha value is -1.60. The molecule has 0 unspecified atom stereocenters. The van der Waals surface area contributed by atoms with Gasteiger partial charge in [0, 0.05) is 11.4 Å². The molecular formula is C11H14N2O4S. The van der Waals surface area contributed by atoms with Gasteiger partial charge in [0.05, 0.1) is 19.8 Å². The van der Waals surface area contributed by atoms with Gasteiger partial charge in [-0.3, -0.25) is 5.32 Å². The van der Waals surface area contributed by atoms with E-state index in [9.17, 15) is 9.59 Å². The summed E-state index contributed by atoms with van der Waals surface area (Å²) in [4.78, 5) is 24.1. The molecule has 0 aliphatic carbocycles. The average Bonchev–Trinajstić information content (AvgIpc) is 2.75. The van der Waals surface area contributed by atoms with Crippen molar-refractivity contribution < 1.29 is 19.1 Å². The number of amides is 1. The van der Waals surface area contributed by atoms with Gasteiger partial charge in [-0.05, 0) is 18.5 Å². The summed E-state index contributed by atoms with van der Waals surface area (Å²) in [6.45, 7) is 1.51. The van der Waals surface area contributed by atoms with Crippen molar-refractivity contribution in [1.82, 2.24) is 5.32 Å². The van der Waals surface area contributed by atoms with Crippen LogP contribution in [0.2, 0.25) is 0 Å². The largest absolute Gasteiger partial charge is 0.465 e. The fraction of sp³-hybridized carbons (Fsp3) is 0.455. The predicted molar refractivity (Wildman–Crippen MR) is 67.1 cm³/mol. The molecule has 1 aromatic rings. The molecule has 6 nitrogen and oxygen atoms in total. The maximum absolute atomic E-state index is 11.8. The lowest BCUT2D eigenvalue weighted by molar-refractivity contribution is 0.0601. The van der Waals surface area contributed by atoms with Crippen LogP contribution in [0.1, 0.15) is 20.8 Å². The summed E-state index contributed by atoms with van der Waals surface area (Å²) in [7, 11) is 2.61. The van der Waals surface area contributed by atoms with Gasteiger partial charge in [0.2, 0.25) is 0 Å². The first-order valence-corrected chi connectivity index (χ1v) is 6.27. The van der Waals surface area contributed by atoms with E-state index in [1.54, 1.807) is 0 Å². The van der Waals surface area contributed by atoms with E-state index < -0.39 is 12.1 Å². The zero-order chi connectivity index (χ0) is 13.1. The maximum atomic E-state index is 11.8. The van der Waals surface area contributed by atoms with Crippen LogP contribution >= 0.6 is 11.3 Å². The van der Waals surface area contributed by atoms with Gasteiger partial charge in [0.15, 0.2) is 0 Å². The van der Waals surface area contributed by atoms with E-state index in [0.717, 1.165) is 23.4 Å². The van der Waals surface area contributed by atoms with Crippen LogP contribution < -0.4 is 10.6 Å². The molecule has 2 N–H and O–H groups in total. The van der Waals surface area contributed by atoms with Gasteiger partial charge in [0.1, 0.15) is 5.00 Å². The minimum absolute atomic E-state index is 0.430. The number of hydrogen-bond donors (Lipinski definition) is 2. The first kappa shape index (κ1) is 12.8. The number of fused-ring (bicyclic) bond motifs is 1. The zero-order valence-electron chi connectivity index (χ0n) is 10.2. The fourth-order valence-electron chi connectivity index (χ4n) is 1.88. The summed E-state index contributed by atoms with van der Waals surface area (Å²) < 4.78 is 9.32. The molecule has 0 radical (unpaired) electrons. The number of esters is 1. The number of hydrogen-bond acceptors (Lipinski definition) is 6. The lowest BCUT2D eigenvalue weighted by Crippen LogP contribution is -2.23. The van der Waals surface area contributed by atoms with Crippen LogP contribution in [-0.4, -0.2) is 32.8 Å². The van der Waals surface area contributed by atoms with Crippen molar-refractivity contribution in [2.75, 3.05) is 26.1 Å². The fourth-order valence-corrected chi connectivity index (χ4v) is 3.08. The number of methoxy groups -OCH3 is 2. The highest BCUT2D eigenvalue weighted by Crippen LogP contribution is 2.35. The predicted octanol–water partition coefficient (Wildman–Crippen LogP) is 1.36. The van der Waals surface area contributed by atoms with E-state index in [-0.39, 0.29) is 0 Å². The Labute approximate surface area is 108 Å². The van der Waals surface area contributed by atoms with Gasteiger partial charge < -0.3 is 14.8 Å². The van der Waals surface area contributed by atoms with Gasteiger partial charge in [-0.2, -0.15) is 0 Å². The first-order chi connectivity index (χ1) is 8.67. The van der Waals surface area contributed by atoms with Gasteiger partial charge in [-0.15, -0.1) is 11.3 Å². The second-order valence-corrected chi connectivity index (χ2v) is 4.85. The van der Waals surface area contributed by atoms with Crippen molar-refractivity contribution in [3.05, 3.63) is 16.0 Å². The van der Waals surface area contributed by atoms with E-state index in [4.69, 9.17) is 4.74 Å². The third kappa shape index (κ3) is 2.32. The Balaban J connectivity index is 2.41. The number of anilines is 1. The van der Waals surface area contributed by atoms with Gasteiger partial charge >= 0.3 is 12.1 Å². The van der Waals surface area contributed by atoms with Crippen LogP contribution in [0, 0.1) is 0 Å². The highest BCUT2D eigenvalue weighted by Gasteiger charge is 2.26. The quantitative estimate of drug-likeness (QED) is 0.793. The van der Waals surface area contributed by atoms with Crippen LogP contribution in [0.3, 0.4) is 0 Å². The van der Waals surface area contributed by atoms with Gasteiger partial charge in [-0.1, -0.05) is 0 Å². The number of rotatable bonds is 2. The van der Waals surface area contributed by atoms with Crippen molar-refractivity contribution >= 4 is 28.4 Å². The van der Waals surface area contributed by atoms with Crippen LogP contribution in [0.5, 0.6) is 0 Å². The molecule has 1 aliphatic heterocycles. The highest BCUT2D eigenvalue weighted by atomic mass is 32.1. The molecule has 0 saturated carbocycles. The molecule has 1 amide bonds. The topological polar surface area (TPSA) is 76.7 Å². The molecule has 0 saturated heterocycles. The summed E-state index contributed by atoms with van der Waals surface area (Å²) in [5.41, 5.74) is 1.40. The van der Waals surface area contributed by atoms with Crippen molar-refractivity contribution in [3.8, 4) is 0 Å². The Morgan fingerprint density at radius 3 is 2.78 bits per heavy atom. The van der Waals surface area contributed by atoms with Crippen LogP contribution in [0.15, 0.2) is 0 Å². The number of nitrogens with one attached hydrogen (secondary N) is 2. The Morgan fingerprint density at radius 2 is 2.11 bits per heavy atom. The molecule has 0 atom stereocenters. The van der Waals surface area contributed by atoms with Crippen molar-refractivity contribution in [2.24, 2.45) is 0 Å². The molecule has 2 heterocycles. The lowest BCUT2D eigenvalue weighted by atomic mass is 10.0. The van der Waals surface area contributed by atoms with Gasteiger partial charge in [0.25, 0.3) is 0 Å². The number of carbonyl (C=O) groups is 2. The molecule has 7 heteroatoms. The van der Waals surface area contributed by atoms with Crippen molar-refractivity contribution in [3.63, 3.8) is 0 Å². The monoisotopic (exact) mass is 270 g/mol. The molecule has 1 aromatic heterocycles. The summed E-state index contributed by atoms with van der Waals surface area (Å²) in [5.74, 6) is -0.430. The van der Waals surface area contributed by atoms with E-state index in [1.165, 1.54) is 25.6 Å². The Morgan fingerprint density at radius 1 is 1.33 bits per heavy atom. The molecule has 18 heavy (non-hydrogen) atoms. The number of carbonyl (C=O) groups excluding carboxylic acids is 2. The highest BCUT2D eigenvalue weighted by molar-refractivity contribution is 7.17. The second-order valence-electron chi connectivity index (χ2n) is 3.74. The van der Waals surface area contributed by atoms with E-state index >= 15 is 0 Å². The minimum atomic E-state index is -0.591. The van der Waals surface area contributed by atoms with Gasteiger partial charge in [-0.25, -0.2) is 9.59 Å². The van der Waals surface area contributed by atoms with E-state index in [1.807, 2.05) is 0 Å². The summed E-state index contributed by atoms with van der Waals surface area (Å²) in [6.07, 6.45) is 0.158. The maximum Gasteiger partial charge on any atom is 0.411 e. The molecule has 1 aliphatic rings. The summed E-state index contributed by atoms with van der Waals surface area (Å²) >= 11 is 1.37. The van der Waals surface area contributed by atoms with Crippen LogP contribution in [-0.2, 0) is 22.4 Å². The average molecular weight is 270 g/mol. The van der Waals surface area contributed by atoms with E-state index in [2.05, 4.69) is 15.4 Å². The summed E-state index contributed by atoms with van der Waals surface area (Å²) in [6, 6.07) is 0. The molecule has 98 valence electrons. The van der Waals surface area contributed by atoms with Crippen molar-refractivity contribution in [2.45, 2.75) is 13.0 Å². The smallest absolute Gasteiger partial charge is 0.411 e. The molecule has 0 aromatic carbocycles. The normalized spacial score (nSPS) is 13.7. The molecule has 0 bridgehead atoms. The Bertz CT molecular complexity index is 484. The molecule has 0 spiro atoms. The number of thiophene rings is 1. The Kier molecular flexibility index (Phi) is 3.83. The van der Waals surface area contributed by atoms with Crippen molar-refractivity contribution in [1.29, 1.82) is 0 Å². The third-order valence-corrected chi connectivity index (χ3v) is 3.87. The molecular weight excluding hydrogens is 256 g/mol. The second kappa shape index (κ2) is 5.36. The lowest BCUT2D eigenvalue weighted by Gasteiger charge is -2.13. The SMILES string of the molecule is COC(=O)Nc1sc2c(c1C(=O)OC)CCNC2. The van der Waals surface area contributed by atoms with E-state index in [0.29, 0.717) is 17.1 Å². The minimum Gasteiger partial charge on any atom is -0.465 e. The van der Waals surface area contributed by atoms with Crippen LogP contribution in [0.4, 0.5) is 9.80 Å². The summed E-state index contributed by atoms with van der Waals surface area (Å²) in [5, 5.41) is 6.27. The standard InChI is InChI=1S/C11H14N2O4S/c1-16-10(14)8-6-3-4-12-5-7(6)18-9(8)13-11(15)17-2/h12H,3-5H2,1-2H3,(H,13,15). The zero-order valence-corrected chi connectivity index (χ0v) is 11.0. The molecule has 0 fully saturated rings. The number of ether oxygens (including phenoxy) is 2. The first-order valence-electron chi connectivity index (χ1n) is 5.46.